The highest BCUT2D eigenvalue weighted by Crippen LogP contribution is 2.21. The Kier molecular flexibility index (Phi) is 5.10. The summed E-state index contributed by atoms with van der Waals surface area (Å²) in [6.07, 6.45) is 4.10. The fraction of sp³-hybridized carbons (Fsp3) is 0. The van der Waals surface area contributed by atoms with Crippen LogP contribution in [0.1, 0.15) is 16.8 Å². The second-order valence-electron chi connectivity index (χ2n) is 5.56. The highest BCUT2D eigenvalue weighted by Gasteiger charge is 2.18. The van der Waals surface area contributed by atoms with Gasteiger partial charge in [-0.25, -0.2) is 17.2 Å². The fourth-order valence-electron chi connectivity index (χ4n) is 2.33. The Morgan fingerprint density at radius 2 is 1.78 bits per heavy atom. The van der Waals surface area contributed by atoms with Crippen molar-refractivity contribution in [3.63, 3.8) is 0 Å². The van der Waals surface area contributed by atoms with Gasteiger partial charge in [0.2, 0.25) is 9.84 Å². The lowest BCUT2D eigenvalue weighted by Crippen LogP contribution is -2.03. The van der Waals surface area contributed by atoms with Crippen molar-refractivity contribution in [1.82, 2.24) is 4.98 Å². The maximum Gasteiger partial charge on any atom is 0.208 e. The molecule has 1 aromatic heterocycles. The van der Waals surface area contributed by atoms with Crippen molar-refractivity contribution in [3.8, 4) is 6.07 Å². The molecule has 0 atom stereocenters. The van der Waals surface area contributed by atoms with Crippen molar-refractivity contribution < 1.29 is 17.2 Å². The number of nitriles is 1. The van der Waals surface area contributed by atoms with E-state index in [1.165, 1.54) is 60.8 Å². The first kappa shape index (κ1) is 18.4. The number of benzene rings is 2. The molecule has 7 heteroatoms. The fourth-order valence-corrected chi connectivity index (χ4v) is 3.58. The number of aromatic nitrogens is 1. The summed E-state index contributed by atoms with van der Waals surface area (Å²) in [6.45, 7) is 0. The number of hydrogen-bond donors (Lipinski definition) is 0. The van der Waals surface area contributed by atoms with Crippen molar-refractivity contribution in [2.24, 2.45) is 0 Å². The van der Waals surface area contributed by atoms with Crippen molar-refractivity contribution >= 4 is 22.0 Å². The first-order chi connectivity index (χ1) is 12.9. The third kappa shape index (κ3) is 4.07. The molecule has 1 heterocycles. The van der Waals surface area contributed by atoms with E-state index in [1.54, 1.807) is 0 Å². The van der Waals surface area contributed by atoms with Crippen LogP contribution in [0.25, 0.3) is 12.2 Å². The Morgan fingerprint density at radius 3 is 2.44 bits per heavy atom. The van der Waals surface area contributed by atoms with Gasteiger partial charge in [-0.05, 0) is 54.6 Å². The first-order valence-corrected chi connectivity index (χ1v) is 9.23. The van der Waals surface area contributed by atoms with Crippen LogP contribution in [-0.4, -0.2) is 13.4 Å². The molecule has 134 valence electrons. The number of nitrogens with zero attached hydrogens (tertiary/aromatic N) is 2. The SMILES string of the molecule is N#Cc1cccc(S(=O)(=O)c2ccc(C=Cc3ccc(F)cc3F)nc2)c1. The maximum atomic E-state index is 13.6. The molecular formula is C20H12F2N2O2S. The van der Waals surface area contributed by atoms with Crippen LogP contribution in [0.4, 0.5) is 8.78 Å². The average molecular weight is 382 g/mol. The number of halogens is 2. The second kappa shape index (κ2) is 7.48. The molecule has 0 N–H and O–H groups in total. The van der Waals surface area contributed by atoms with Gasteiger partial charge in [0.05, 0.1) is 27.1 Å². The van der Waals surface area contributed by atoms with Gasteiger partial charge in [0.25, 0.3) is 0 Å². The zero-order valence-electron chi connectivity index (χ0n) is 13.8. The minimum Gasteiger partial charge on any atom is -0.256 e. The summed E-state index contributed by atoms with van der Waals surface area (Å²) in [5.74, 6) is -1.37. The Hall–Kier alpha value is -3.37. The van der Waals surface area contributed by atoms with Gasteiger partial charge in [-0.2, -0.15) is 5.26 Å². The minimum absolute atomic E-state index is 0.0000235. The summed E-state index contributed by atoms with van der Waals surface area (Å²) in [7, 11) is -3.81. The number of hydrogen-bond acceptors (Lipinski definition) is 4. The van der Waals surface area contributed by atoms with Gasteiger partial charge in [0.15, 0.2) is 0 Å². The summed E-state index contributed by atoms with van der Waals surface area (Å²) in [6, 6.07) is 13.7. The van der Waals surface area contributed by atoms with Crippen LogP contribution in [0.5, 0.6) is 0 Å². The van der Waals surface area contributed by atoms with Gasteiger partial charge in [0.1, 0.15) is 11.6 Å². The van der Waals surface area contributed by atoms with E-state index in [0.29, 0.717) is 5.69 Å². The Labute approximate surface area is 155 Å². The molecule has 4 nitrogen and oxygen atoms in total. The Balaban J connectivity index is 1.86. The molecular weight excluding hydrogens is 370 g/mol. The van der Waals surface area contributed by atoms with Crippen LogP contribution < -0.4 is 0 Å². The molecule has 0 fully saturated rings. The lowest BCUT2D eigenvalue weighted by Gasteiger charge is -2.05. The summed E-state index contributed by atoms with van der Waals surface area (Å²) < 4.78 is 51.7. The third-order valence-corrected chi connectivity index (χ3v) is 5.48. The van der Waals surface area contributed by atoms with E-state index < -0.39 is 21.5 Å². The van der Waals surface area contributed by atoms with E-state index in [-0.39, 0.29) is 20.9 Å². The lowest BCUT2D eigenvalue weighted by atomic mass is 10.2. The molecule has 0 aliphatic rings. The van der Waals surface area contributed by atoms with E-state index in [4.69, 9.17) is 5.26 Å². The highest BCUT2D eigenvalue weighted by atomic mass is 32.2. The molecule has 3 rings (SSSR count). The predicted octanol–water partition coefficient (Wildman–Crippen LogP) is 4.23. The molecule has 27 heavy (non-hydrogen) atoms. The molecule has 0 aliphatic carbocycles. The second-order valence-corrected chi connectivity index (χ2v) is 7.51. The minimum atomic E-state index is -3.81. The van der Waals surface area contributed by atoms with Gasteiger partial charge in [-0.15, -0.1) is 0 Å². The average Bonchev–Trinajstić information content (AvgIpc) is 2.67. The topological polar surface area (TPSA) is 70.8 Å². The molecule has 0 amide bonds. The van der Waals surface area contributed by atoms with E-state index in [9.17, 15) is 17.2 Å². The van der Waals surface area contributed by atoms with Gasteiger partial charge >= 0.3 is 0 Å². The monoisotopic (exact) mass is 382 g/mol. The first-order valence-electron chi connectivity index (χ1n) is 7.74. The van der Waals surface area contributed by atoms with Gasteiger partial charge < -0.3 is 0 Å². The zero-order valence-corrected chi connectivity index (χ0v) is 14.6. The third-order valence-electron chi connectivity index (χ3n) is 3.74. The van der Waals surface area contributed by atoms with E-state index in [2.05, 4.69) is 4.98 Å². The number of pyridine rings is 1. The molecule has 0 radical (unpaired) electrons. The Bertz CT molecular complexity index is 1170. The maximum absolute atomic E-state index is 13.6. The van der Waals surface area contributed by atoms with Crippen molar-refractivity contribution in [3.05, 3.63) is 89.2 Å². The standard InChI is InChI=1S/C20H12F2N2O2S/c21-16-6-4-15(20(22)11-16)5-7-17-8-9-19(13-24-17)27(25,26)18-3-1-2-14(10-18)12-23/h1-11,13H. The van der Waals surface area contributed by atoms with Gasteiger partial charge in [-0.3, -0.25) is 4.98 Å². The highest BCUT2D eigenvalue weighted by molar-refractivity contribution is 7.91. The number of sulfone groups is 1. The molecule has 0 unspecified atom stereocenters. The van der Waals surface area contributed by atoms with Crippen molar-refractivity contribution in [2.45, 2.75) is 9.79 Å². The number of rotatable bonds is 4. The summed E-state index contributed by atoms with van der Waals surface area (Å²) in [5.41, 5.74) is 0.830. The smallest absolute Gasteiger partial charge is 0.208 e. The van der Waals surface area contributed by atoms with Gasteiger partial charge in [-0.1, -0.05) is 6.07 Å². The predicted molar refractivity (Wildman–Crippen MR) is 96.1 cm³/mol. The van der Waals surface area contributed by atoms with E-state index in [1.807, 2.05) is 6.07 Å². The van der Waals surface area contributed by atoms with Crippen molar-refractivity contribution in [1.29, 1.82) is 5.26 Å². The van der Waals surface area contributed by atoms with Crippen LogP contribution >= 0.6 is 0 Å². The largest absolute Gasteiger partial charge is 0.256 e. The van der Waals surface area contributed by atoms with Crippen LogP contribution in [0.2, 0.25) is 0 Å². The molecule has 3 aromatic rings. The normalized spacial score (nSPS) is 11.4. The van der Waals surface area contributed by atoms with Crippen LogP contribution in [0.3, 0.4) is 0 Å². The molecule has 0 saturated heterocycles. The summed E-state index contributed by atoms with van der Waals surface area (Å²) in [4.78, 5) is 4.02. The van der Waals surface area contributed by atoms with E-state index >= 15 is 0 Å². The molecule has 0 saturated carbocycles. The van der Waals surface area contributed by atoms with E-state index in [0.717, 1.165) is 12.1 Å². The van der Waals surface area contributed by atoms with Crippen molar-refractivity contribution in [2.75, 3.05) is 0 Å². The van der Waals surface area contributed by atoms with Crippen LogP contribution in [0.15, 0.2) is 70.6 Å². The molecule has 0 spiro atoms. The zero-order chi connectivity index (χ0) is 19.4. The lowest BCUT2D eigenvalue weighted by molar-refractivity contribution is 0.581. The van der Waals surface area contributed by atoms with Crippen LogP contribution in [-0.2, 0) is 9.84 Å². The van der Waals surface area contributed by atoms with Crippen LogP contribution in [0, 0.1) is 23.0 Å². The quantitative estimate of drug-likeness (QED) is 0.677. The summed E-state index contributed by atoms with van der Waals surface area (Å²) >= 11 is 0. The summed E-state index contributed by atoms with van der Waals surface area (Å²) in [5, 5.41) is 8.91. The Morgan fingerprint density at radius 1 is 0.963 bits per heavy atom. The molecule has 0 bridgehead atoms. The molecule has 0 aliphatic heterocycles. The van der Waals surface area contributed by atoms with Gasteiger partial charge in [0, 0.05) is 17.8 Å². The molecule has 2 aromatic carbocycles.